The van der Waals surface area contributed by atoms with E-state index in [-0.39, 0.29) is 5.82 Å². The molecular formula is C9H5BrFNO. The summed E-state index contributed by atoms with van der Waals surface area (Å²) in [7, 11) is 0. The first-order chi connectivity index (χ1) is 6.22. The number of rotatable bonds is 1. The number of carbonyl (C=O) groups excluding carboxylic acids is 1. The molecule has 0 aliphatic heterocycles. The van der Waals surface area contributed by atoms with Crippen molar-refractivity contribution in [2.45, 2.75) is 0 Å². The van der Waals surface area contributed by atoms with E-state index in [4.69, 9.17) is 0 Å². The van der Waals surface area contributed by atoms with Crippen LogP contribution in [0, 0.1) is 5.82 Å². The zero-order valence-corrected chi connectivity index (χ0v) is 8.06. The van der Waals surface area contributed by atoms with E-state index in [9.17, 15) is 9.18 Å². The van der Waals surface area contributed by atoms with Crippen LogP contribution in [0.3, 0.4) is 0 Å². The minimum absolute atomic E-state index is 0.331. The lowest BCUT2D eigenvalue weighted by Gasteiger charge is -1.94. The van der Waals surface area contributed by atoms with Crippen LogP contribution in [0.1, 0.15) is 10.5 Å². The molecule has 1 aromatic heterocycles. The highest BCUT2D eigenvalue weighted by Gasteiger charge is 2.07. The van der Waals surface area contributed by atoms with Crippen LogP contribution in [0.15, 0.2) is 22.7 Å². The van der Waals surface area contributed by atoms with Gasteiger partial charge in [-0.25, -0.2) is 4.39 Å². The highest BCUT2D eigenvalue weighted by Crippen LogP contribution is 2.25. The molecule has 0 saturated carbocycles. The van der Waals surface area contributed by atoms with Crippen LogP contribution in [-0.2, 0) is 0 Å². The summed E-state index contributed by atoms with van der Waals surface area (Å²) in [5, 5.41) is 0.427. The van der Waals surface area contributed by atoms with Crippen molar-refractivity contribution in [1.29, 1.82) is 0 Å². The zero-order valence-electron chi connectivity index (χ0n) is 6.47. The second-order valence-corrected chi connectivity index (χ2v) is 3.51. The third-order valence-corrected chi connectivity index (χ3v) is 2.50. The zero-order chi connectivity index (χ0) is 9.42. The van der Waals surface area contributed by atoms with Crippen LogP contribution >= 0.6 is 15.9 Å². The van der Waals surface area contributed by atoms with Crippen molar-refractivity contribution >= 4 is 33.1 Å². The molecule has 0 unspecified atom stereocenters. The van der Waals surface area contributed by atoms with Crippen LogP contribution < -0.4 is 0 Å². The Hall–Kier alpha value is -1.16. The van der Waals surface area contributed by atoms with Gasteiger partial charge in [0.1, 0.15) is 5.82 Å². The molecule has 0 aliphatic carbocycles. The Morgan fingerprint density at radius 1 is 1.46 bits per heavy atom. The van der Waals surface area contributed by atoms with Gasteiger partial charge < -0.3 is 4.98 Å². The van der Waals surface area contributed by atoms with Gasteiger partial charge in [0.25, 0.3) is 0 Å². The number of nitrogens with one attached hydrogen (secondary N) is 1. The lowest BCUT2D eigenvalue weighted by atomic mass is 10.2. The summed E-state index contributed by atoms with van der Waals surface area (Å²) in [5.41, 5.74) is 0.989. The van der Waals surface area contributed by atoms with Crippen molar-refractivity contribution in [1.82, 2.24) is 4.98 Å². The summed E-state index contributed by atoms with van der Waals surface area (Å²) in [6.45, 7) is 0. The van der Waals surface area contributed by atoms with Crippen LogP contribution in [0.5, 0.6) is 0 Å². The fourth-order valence-corrected chi connectivity index (χ4v) is 1.68. The van der Waals surface area contributed by atoms with Gasteiger partial charge in [0, 0.05) is 9.86 Å². The number of H-pyrrole nitrogens is 1. The predicted octanol–water partition coefficient (Wildman–Crippen LogP) is 2.88. The summed E-state index contributed by atoms with van der Waals surface area (Å²) in [6.07, 6.45) is 0.659. The maximum atomic E-state index is 13.2. The van der Waals surface area contributed by atoms with E-state index in [0.717, 1.165) is 4.47 Å². The van der Waals surface area contributed by atoms with Gasteiger partial charge in [-0.1, -0.05) is 0 Å². The number of benzene rings is 1. The third kappa shape index (κ3) is 1.27. The molecule has 0 fully saturated rings. The van der Waals surface area contributed by atoms with Crippen LogP contribution in [0.25, 0.3) is 10.9 Å². The van der Waals surface area contributed by atoms with Gasteiger partial charge in [0.15, 0.2) is 6.29 Å². The Bertz CT molecular complexity index is 439. The molecule has 2 aromatic rings. The van der Waals surface area contributed by atoms with E-state index in [1.54, 1.807) is 6.07 Å². The van der Waals surface area contributed by atoms with Crippen molar-refractivity contribution in [2.24, 2.45) is 0 Å². The number of aromatic nitrogens is 1. The second-order valence-electron chi connectivity index (χ2n) is 2.66. The van der Waals surface area contributed by atoms with Gasteiger partial charge in [-0.2, -0.15) is 0 Å². The summed E-state index contributed by atoms with van der Waals surface area (Å²) >= 11 is 3.26. The standard InChI is InChI=1S/C9H5BrFNO/c10-7-1-2-8(11)6-3-5(4-13)12-9(6)7/h1-4,12H. The molecule has 0 atom stereocenters. The Balaban J connectivity index is 2.87. The maximum Gasteiger partial charge on any atom is 0.166 e. The monoisotopic (exact) mass is 241 g/mol. The van der Waals surface area contributed by atoms with E-state index < -0.39 is 0 Å². The number of aromatic amines is 1. The van der Waals surface area contributed by atoms with Gasteiger partial charge in [-0.3, -0.25) is 4.79 Å². The van der Waals surface area contributed by atoms with E-state index in [1.807, 2.05) is 0 Å². The van der Waals surface area contributed by atoms with Crippen molar-refractivity contribution in [3.63, 3.8) is 0 Å². The number of aldehydes is 1. The smallest absolute Gasteiger partial charge is 0.166 e. The van der Waals surface area contributed by atoms with Crippen LogP contribution in [-0.4, -0.2) is 11.3 Å². The molecule has 2 rings (SSSR count). The predicted molar refractivity (Wildman–Crippen MR) is 51.3 cm³/mol. The molecule has 1 aromatic carbocycles. The van der Waals surface area contributed by atoms with Crippen molar-refractivity contribution < 1.29 is 9.18 Å². The fourth-order valence-electron chi connectivity index (χ4n) is 1.24. The number of hydrogen-bond acceptors (Lipinski definition) is 1. The first-order valence-electron chi connectivity index (χ1n) is 3.64. The summed E-state index contributed by atoms with van der Waals surface area (Å²) in [5.74, 6) is -0.331. The number of carbonyl (C=O) groups is 1. The molecule has 4 heteroatoms. The quantitative estimate of drug-likeness (QED) is 0.766. The number of halogens is 2. The average Bonchev–Trinajstić information content (AvgIpc) is 2.56. The molecule has 0 saturated heterocycles. The molecule has 1 N–H and O–H groups in total. The Morgan fingerprint density at radius 2 is 2.23 bits per heavy atom. The van der Waals surface area contributed by atoms with Gasteiger partial charge in [-0.05, 0) is 34.1 Å². The normalized spacial score (nSPS) is 10.6. The number of hydrogen-bond donors (Lipinski definition) is 1. The maximum absolute atomic E-state index is 13.2. The minimum Gasteiger partial charge on any atom is -0.351 e. The van der Waals surface area contributed by atoms with Gasteiger partial charge in [-0.15, -0.1) is 0 Å². The van der Waals surface area contributed by atoms with Gasteiger partial charge >= 0.3 is 0 Å². The lowest BCUT2D eigenvalue weighted by molar-refractivity contribution is 0.112. The molecule has 0 radical (unpaired) electrons. The Labute approximate surface area is 81.9 Å². The molecule has 0 amide bonds. The van der Waals surface area contributed by atoms with E-state index in [2.05, 4.69) is 20.9 Å². The summed E-state index contributed by atoms with van der Waals surface area (Å²) < 4.78 is 13.9. The topological polar surface area (TPSA) is 32.9 Å². The second kappa shape index (κ2) is 2.96. The molecular weight excluding hydrogens is 237 g/mol. The minimum atomic E-state index is -0.331. The molecule has 0 aliphatic rings. The Kier molecular flexibility index (Phi) is 1.92. The molecule has 1 heterocycles. The van der Waals surface area contributed by atoms with Crippen LogP contribution in [0.2, 0.25) is 0 Å². The summed E-state index contributed by atoms with van der Waals surface area (Å²) in [4.78, 5) is 13.2. The van der Waals surface area contributed by atoms with Crippen molar-refractivity contribution in [3.8, 4) is 0 Å². The van der Waals surface area contributed by atoms with Gasteiger partial charge in [0.2, 0.25) is 0 Å². The SMILES string of the molecule is O=Cc1cc2c(F)ccc(Br)c2[nH]1. The summed E-state index contributed by atoms with van der Waals surface area (Å²) in [6, 6.07) is 4.44. The largest absolute Gasteiger partial charge is 0.351 e. The van der Waals surface area contributed by atoms with E-state index >= 15 is 0 Å². The fraction of sp³-hybridized carbons (Fsp3) is 0. The van der Waals surface area contributed by atoms with Gasteiger partial charge in [0.05, 0.1) is 11.2 Å². The molecule has 0 bridgehead atoms. The van der Waals surface area contributed by atoms with Crippen molar-refractivity contribution in [3.05, 3.63) is 34.2 Å². The van der Waals surface area contributed by atoms with Crippen molar-refractivity contribution in [2.75, 3.05) is 0 Å². The molecule has 66 valence electrons. The third-order valence-electron chi connectivity index (χ3n) is 1.84. The first-order valence-corrected chi connectivity index (χ1v) is 4.43. The molecule has 13 heavy (non-hydrogen) atoms. The average molecular weight is 242 g/mol. The first kappa shape index (κ1) is 8.44. The highest BCUT2D eigenvalue weighted by molar-refractivity contribution is 9.10. The Morgan fingerprint density at radius 3 is 2.85 bits per heavy atom. The number of fused-ring (bicyclic) bond motifs is 1. The molecule has 0 spiro atoms. The van der Waals surface area contributed by atoms with Crippen LogP contribution in [0.4, 0.5) is 4.39 Å². The lowest BCUT2D eigenvalue weighted by Crippen LogP contribution is -1.77. The van der Waals surface area contributed by atoms with E-state index in [1.165, 1.54) is 12.1 Å². The highest BCUT2D eigenvalue weighted by atomic mass is 79.9. The molecule has 2 nitrogen and oxygen atoms in total. The van der Waals surface area contributed by atoms with E-state index in [0.29, 0.717) is 22.9 Å².